The molecule has 2 aromatic carbocycles. The number of anilines is 2. The summed E-state index contributed by atoms with van der Waals surface area (Å²) in [6.07, 6.45) is 4.98. The van der Waals surface area contributed by atoms with Crippen molar-refractivity contribution in [2.45, 2.75) is 112 Å². The van der Waals surface area contributed by atoms with Crippen LogP contribution in [0.1, 0.15) is 119 Å². The average molecular weight is 1460 g/mol. The van der Waals surface area contributed by atoms with Gasteiger partial charge in [-0.2, -0.15) is 10.2 Å². The van der Waals surface area contributed by atoms with Crippen molar-refractivity contribution in [1.29, 1.82) is 0 Å². The molecule has 7 rings (SSSR count). The number of ether oxygens (including phenoxy) is 8. The Labute approximate surface area is 604 Å². The highest BCUT2D eigenvalue weighted by Crippen LogP contribution is 2.34. The number of nitrogens with two attached hydrogens (primary N) is 2. The summed E-state index contributed by atoms with van der Waals surface area (Å²) < 4.78 is 51.3. The standard InChI is InChI=1S/C70H93N15O20/c1-8-84-53(36-44(4)79-84)67(96)77-69-75-51-39-48(63(71)92)41-56(98-7)61(51)82(69)19-10-11-20-83-62-52(76-70(83)78-68(97)54-37-45(5)80-85(54)9-2)40-49(64(72)93)42-57(62)105-22-12-18-73-65(94)43(3)35-55(87)46(6)74-66(95)47(13-16-60(90)91)38-50(86)17-23-99-25-27-101-29-31-103-33-34-104-32-30-102-28-26-100-24-21-81-58(88)14-15-59(81)89/h10-11,14-15,36-37,39-43,46-47H,8-9,12-13,16-35,38H2,1-7H3,(H2,71,92)(H2,72,93)(H,73,94)(H,74,95)(H,90,91)(H,75,77,96)(H,76,78,97)/b11-10+/t43-,46+,47-/m1/s1. The highest BCUT2D eigenvalue weighted by molar-refractivity contribution is 6.13. The van der Waals surface area contributed by atoms with E-state index in [2.05, 4.69) is 31.5 Å². The van der Waals surface area contributed by atoms with Crippen molar-refractivity contribution in [1.82, 2.24) is 54.2 Å². The van der Waals surface area contributed by atoms with E-state index < -0.39 is 71.5 Å². The fourth-order valence-corrected chi connectivity index (χ4v) is 11.0. The summed E-state index contributed by atoms with van der Waals surface area (Å²) in [5.41, 5.74) is 14.7. The van der Waals surface area contributed by atoms with Gasteiger partial charge in [0.2, 0.25) is 35.5 Å². The fraction of sp³-hybridized carbons (Fsp3) is 0.500. The van der Waals surface area contributed by atoms with Crippen LogP contribution in [0, 0.1) is 25.7 Å². The summed E-state index contributed by atoms with van der Waals surface area (Å²) in [6.45, 7) is 14.5. The van der Waals surface area contributed by atoms with Gasteiger partial charge in [0, 0.05) is 93.5 Å². The number of ketones is 2. The third-order valence-corrected chi connectivity index (χ3v) is 16.4. The highest BCUT2D eigenvalue weighted by atomic mass is 16.6. The number of Topliss-reactive ketones (excluding diaryl/α,β-unsaturated/α-hetero) is 2. The molecule has 0 radical (unpaired) electrons. The molecule has 0 fully saturated rings. The van der Waals surface area contributed by atoms with Crippen molar-refractivity contribution in [3.63, 3.8) is 0 Å². The zero-order chi connectivity index (χ0) is 76.1. The lowest BCUT2D eigenvalue weighted by Crippen LogP contribution is -2.43. The Bertz CT molecular complexity index is 4110. The second kappa shape index (κ2) is 41.0. The molecule has 1 aliphatic heterocycles. The van der Waals surface area contributed by atoms with Crippen LogP contribution in [0.15, 0.2) is 60.7 Å². The van der Waals surface area contributed by atoms with E-state index >= 15 is 0 Å². The van der Waals surface area contributed by atoms with Crippen molar-refractivity contribution in [2.24, 2.45) is 23.3 Å². The van der Waals surface area contributed by atoms with Crippen LogP contribution >= 0.6 is 0 Å². The van der Waals surface area contributed by atoms with Gasteiger partial charge in [0.15, 0.2) is 5.78 Å². The molecule has 6 aromatic rings. The number of imide groups is 1. The average Bonchev–Trinajstić information content (AvgIpc) is 1.60. The van der Waals surface area contributed by atoms with Gasteiger partial charge in [-0.25, -0.2) is 9.97 Å². The normalized spacial score (nSPS) is 13.0. The maximum absolute atomic E-state index is 14.1. The number of nitrogens with zero attached hydrogens (tertiary/aromatic N) is 9. The van der Waals surface area contributed by atoms with Crippen molar-refractivity contribution in [3.8, 4) is 11.5 Å². The number of allylic oxidation sites excluding steroid dienone is 2. The molecular weight excluding hydrogens is 1370 g/mol. The van der Waals surface area contributed by atoms with E-state index in [0.29, 0.717) is 87.3 Å². The lowest BCUT2D eigenvalue weighted by Gasteiger charge is -2.20. The van der Waals surface area contributed by atoms with E-state index in [9.17, 15) is 57.8 Å². The topological polar surface area (TPSA) is 457 Å². The first-order valence-electron chi connectivity index (χ1n) is 34.5. The number of methoxy groups -OCH3 is 1. The number of benzene rings is 2. The van der Waals surface area contributed by atoms with Crippen LogP contribution in [-0.4, -0.2) is 226 Å². The SMILES string of the molecule is CCn1nc(C)cc1C(=O)Nc1nc2cc(C(N)=O)cc(OC)c2n1C/C=C/Cn1c(NC(=O)c2cc(C)nn2CC)nc2cc(C(N)=O)cc(OCCCNC(=O)[C@H](C)CC(=O)[C@H](C)NC(=O)[C@H](CCC(=O)O)CC(=O)CCOCCOCCOCCOCCOCCOCCN3C(=O)C=CC3=O)c21. The molecule has 5 heterocycles. The Morgan fingerprint density at radius 2 is 1.06 bits per heavy atom. The van der Waals surface area contributed by atoms with Gasteiger partial charge in [0.05, 0.1) is 128 Å². The number of primary amides is 2. The molecule has 0 bridgehead atoms. The summed E-state index contributed by atoms with van der Waals surface area (Å²) in [7, 11) is 1.42. The number of nitrogens with one attached hydrogen (secondary N) is 4. The minimum Gasteiger partial charge on any atom is -0.494 e. The smallest absolute Gasteiger partial charge is 0.303 e. The Hall–Kier alpha value is -10.6. The minimum atomic E-state index is -1.17. The van der Waals surface area contributed by atoms with Gasteiger partial charge in [0.25, 0.3) is 23.6 Å². The Kier molecular flexibility index (Phi) is 31.9. The van der Waals surface area contributed by atoms with E-state index in [1.165, 1.54) is 55.1 Å². The number of imidazole rings is 2. The summed E-state index contributed by atoms with van der Waals surface area (Å²) in [5.74, 6) is -7.82. The number of fused-ring (bicyclic) bond motifs is 2. The minimum absolute atomic E-state index is 0.0159. The monoisotopic (exact) mass is 1460 g/mol. The lowest BCUT2D eigenvalue weighted by molar-refractivity contribution is -0.139. The molecule has 3 atom stereocenters. The van der Waals surface area contributed by atoms with Crippen molar-refractivity contribution >= 4 is 98.8 Å². The molecule has 105 heavy (non-hydrogen) atoms. The van der Waals surface area contributed by atoms with Gasteiger partial charge >= 0.3 is 5.97 Å². The maximum Gasteiger partial charge on any atom is 0.303 e. The molecule has 8 amide bonds. The van der Waals surface area contributed by atoms with E-state index in [4.69, 9.17) is 59.3 Å². The summed E-state index contributed by atoms with van der Waals surface area (Å²) in [4.78, 5) is 152. The lowest BCUT2D eigenvalue weighted by atomic mass is 9.94. The molecule has 4 aromatic heterocycles. The number of carbonyl (C=O) groups excluding carboxylic acids is 10. The number of carboxylic acid groups (broad SMARTS) is 1. The second-order valence-corrected chi connectivity index (χ2v) is 24.3. The number of hydrogen-bond donors (Lipinski definition) is 7. The van der Waals surface area contributed by atoms with Crippen LogP contribution in [0.2, 0.25) is 0 Å². The van der Waals surface area contributed by atoms with E-state index in [1.807, 2.05) is 13.8 Å². The van der Waals surface area contributed by atoms with E-state index in [-0.39, 0.29) is 167 Å². The zero-order valence-electron chi connectivity index (χ0n) is 60.1. The fourth-order valence-electron chi connectivity index (χ4n) is 11.0. The van der Waals surface area contributed by atoms with Gasteiger partial charge in [-0.05, 0) is 83.9 Å². The van der Waals surface area contributed by atoms with Crippen LogP contribution in [-0.2, 0) is 88.2 Å². The van der Waals surface area contributed by atoms with E-state index in [0.717, 1.165) is 4.90 Å². The second-order valence-electron chi connectivity index (χ2n) is 24.3. The van der Waals surface area contributed by atoms with Crippen molar-refractivity contribution in [3.05, 3.63) is 94.6 Å². The zero-order valence-corrected chi connectivity index (χ0v) is 60.1. The Balaban J connectivity index is 0.876. The first-order valence-corrected chi connectivity index (χ1v) is 34.5. The van der Waals surface area contributed by atoms with Crippen molar-refractivity contribution in [2.75, 3.05) is 117 Å². The van der Waals surface area contributed by atoms with E-state index in [1.54, 1.807) is 58.9 Å². The molecule has 0 saturated heterocycles. The summed E-state index contributed by atoms with van der Waals surface area (Å²) >= 11 is 0. The number of hydrogen-bond acceptors (Lipinski definition) is 23. The third kappa shape index (κ3) is 24.2. The molecule has 0 spiro atoms. The maximum atomic E-state index is 14.1. The van der Waals surface area contributed by atoms with Crippen molar-refractivity contribution < 1.29 is 95.7 Å². The molecular formula is C70H93N15O20. The van der Waals surface area contributed by atoms with Gasteiger partial charge in [-0.1, -0.05) is 19.1 Å². The van der Waals surface area contributed by atoms with Gasteiger partial charge in [0.1, 0.15) is 39.7 Å². The number of amides is 8. The van der Waals surface area contributed by atoms with Crippen LogP contribution < -0.4 is 42.2 Å². The predicted octanol–water partition coefficient (Wildman–Crippen LogP) is 3.24. The Morgan fingerprint density at radius 3 is 1.52 bits per heavy atom. The van der Waals surface area contributed by atoms with Crippen LogP contribution in [0.3, 0.4) is 0 Å². The molecule has 35 heteroatoms. The summed E-state index contributed by atoms with van der Waals surface area (Å²) in [6, 6.07) is 8.03. The highest BCUT2D eigenvalue weighted by Gasteiger charge is 2.29. The number of rotatable bonds is 50. The third-order valence-electron chi connectivity index (χ3n) is 16.4. The van der Waals surface area contributed by atoms with Gasteiger partial charge in [-0.3, -0.25) is 77.6 Å². The molecule has 35 nitrogen and oxygen atoms in total. The largest absolute Gasteiger partial charge is 0.494 e. The first-order chi connectivity index (χ1) is 50.4. The number of aliphatic carboxylic acids is 1. The van der Waals surface area contributed by atoms with Gasteiger partial charge in [-0.15, -0.1) is 0 Å². The molecule has 0 saturated carbocycles. The molecule has 568 valence electrons. The quantitative estimate of drug-likeness (QED) is 0.0164. The van der Waals surface area contributed by atoms with Crippen LogP contribution in [0.5, 0.6) is 11.5 Å². The molecule has 0 aliphatic carbocycles. The molecule has 0 unspecified atom stereocenters. The number of aryl methyl sites for hydroxylation is 4. The number of carboxylic acids is 1. The number of aromatic nitrogens is 8. The predicted molar refractivity (Wildman–Crippen MR) is 378 cm³/mol. The summed E-state index contributed by atoms with van der Waals surface area (Å²) in [5, 5.41) is 29.4. The molecule has 9 N–H and O–H groups in total. The van der Waals surface area contributed by atoms with Crippen LogP contribution in [0.4, 0.5) is 11.9 Å². The number of carbonyl (C=O) groups is 11. The van der Waals surface area contributed by atoms with Gasteiger partial charge < -0.3 is 74.2 Å². The first kappa shape index (κ1) is 81.7. The Morgan fingerprint density at radius 1 is 0.590 bits per heavy atom. The molecule has 1 aliphatic rings. The van der Waals surface area contributed by atoms with Crippen LogP contribution in [0.25, 0.3) is 22.1 Å².